The number of carbonyl (C=O) groups is 1. The summed E-state index contributed by atoms with van der Waals surface area (Å²) in [4.78, 5) is 13.3. The monoisotopic (exact) mass is 520 g/mol. The Balaban J connectivity index is 1.63. The topological polar surface area (TPSA) is 96.3 Å². The van der Waals surface area contributed by atoms with Crippen molar-refractivity contribution in [3.05, 3.63) is 64.1 Å². The van der Waals surface area contributed by atoms with Gasteiger partial charge < -0.3 is 10.1 Å². The highest BCUT2D eigenvalue weighted by Crippen LogP contribution is 2.42. The number of nitrogens with zero attached hydrogens (tertiary/aromatic N) is 1. The highest BCUT2D eigenvalue weighted by atomic mass is 35.5. The fraction of sp³-hybridized carbons (Fsp3) is 0.440. The zero-order valence-electron chi connectivity index (χ0n) is 18.9. The molecule has 3 atom stereocenters. The van der Waals surface area contributed by atoms with Crippen molar-refractivity contribution < 1.29 is 17.9 Å². The maximum atomic E-state index is 13.5. The van der Waals surface area contributed by atoms with Crippen molar-refractivity contribution in [3.63, 3.8) is 0 Å². The molecule has 0 aliphatic heterocycles. The lowest BCUT2D eigenvalue weighted by Crippen LogP contribution is -2.44. The Labute approximate surface area is 210 Å². The summed E-state index contributed by atoms with van der Waals surface area (Å²) in [5.74, 6) is -1.08. The van der Waals surface area contributed by atoms with Crippen LogP contribution >= 0.6 is 23.2 Å². The van der Waals surface area contributed by atoms with Crippen LogP contribution < -0.4 is 5.32 Å². The minimum atomic E-state index is -3.80. The van der Waals surface area contributed by atoms with Crippen molar-refractivity contribution in [2.24, 2.45) is 5.92 Å². The summed E-state index contributed by atoms with van der Waals surface area (Å²) in [6.07, 6.45) is 0.739. The van der Waals surface area contributed by atoms with Gasteiger partial charge in [0.1, 0.15) is 5.54 Å². The van der Waals surface area contributed by atoms with Gasteiger partial charge in [0.15, 0.2) is 9.84 Å². The standard InChI is InChI=1S/C25H26Cl2N2O4S/c1-24(2,16-7-9-17(26)10-8-16)33-21-14-18(34(31,32)22-6-4-3-5-20(22)27)13-19(21)23(30)29-25(15-28)11-12-25/h3-10,18-19,21H,11-14H2,1-2H3,(H,29,30)/t18-,19?,21-/m0/s1. The van der Waals surface area contributed by atoms with Crippen molar-refractivity contribution in [1.29, 1.82) is 5.26 Å². The van der Waals surface area contributed by atoms with Gasteiger partial charge in [0, 0.05) is 5.02 Å². The third-order valence-electron chi connectivity index (χ3n) is 6.69. The number of sulfone groups is 1. The molecule has 34 heavy (non-hydrogen) atoms. The second-order valence-electron chi connectivity index (χ2n) is 9.53. The van der Waals surface area contributed by atoms with Gasteiger partial charge in [-0.25, -0.2) is 8.42 Å². The summed E-state index contributed by atoms with van der Waals surface area (Å²) in [7, 11) is -3.80. The van der Waals surface area contributed by atoms with E-state index < -0.39 is 38.2 Å². The van der Waals surface area contributed by atoms with Gasteiger partial charge in [-0.1, -0.05) is 47.5 Å². The Morgan fingerprint density at radius 1 is 1.12 bits per heavy atom. The van der Waals surface area contributed by atoms with Gasteiger partial charge in [0.2, 0.25) is 5.91 Å². The smallest absolute Gasteiger partial charge is 0.227 e. The summed E-state index contributed by atoms with van der Waals surface area (Å²) >= 11 is 12.2. The summed E-state index contributed by atoms with van der Waals surface area (Å²) in [6, 6.07) is 15.7. The molecule has 1 unspecified atom stereocenters. The van der Waals surface area contributed by atoms with E-state index in [4.69, 9.17) is 27.9 Å². The lowest BCUT2D eigenvalue weighted by molar-refractivity contribution is -0.137. The van der Waals surface area contributed by atoms with E-state index in [1.807, 2.05) is 26.0 Å². The molecule has 2 aromatic rings. The number of rotatable bonds is 7. The largest absolute Gasteiger partial charge is 0.367 e. The van der Waals surface area contributed by atoms with E-state index in [9.17, 15) is 18.5 Å². The van der Waals surface area contributed by atoms with Gasteiger partial charge in [0.05, 0.1) is 38.9 Å². The van der Waals surface area contributed by atoms with E-state index in [-0.39, 0.29) is 28.7 Å². The maximum Gasteiger partial charge on any atom is 0.227 e. The van der Waals surface area contributed by atoms with Crippen LogP contribution in [-0.4, -0.2) is 31.2 Å². The first-order valence-corrected chi connectivity index (χ1v) is 13.4. The molecule has 6 nitrogen and oxygen atoms in total. The number of nitriles is 1. The Morgan fingerprint density at radius 2 is 1.76 bits per heavy atom. The first-order valence-electron chi connectivity index (χ1n) is 11.1. The first-order chi connectivity index (χ1) is 16.0. The highest BCUT2D eigenvalue weighted by molar-refractivity contribution is 7.92. The second-order valence-corrected chi connectivity index (χ2v) is 12.6. The second kappa shape index (κ2) is 9.16. The van der Waals surface area contributed by atoms with Gasteiger partial charge in [-0.2, -0.15) is 5.26 Å². The molecule has 0 radical (unpaired) electrons. The molecule has 2 aromatic carbocycles. The van der Waals surface area contributed by atoms with E-state index >= 15 is 0 Å². The number of ether oxygens (including phenoxy) is 1. The predicted molar refractivity (Wildman–Crippen MR) is 130 cm³/mol. The Morgan fingerprint density at radius 3 is 2.35 bits per heavy atom. The van der Waals surface area contributed by atoms with Crippen LogP contribution in [0.2, 0.25) is 10.0 Å². The van der Waals surface area contributed by atoms with Crippen molar-refractivity contribution >= 4 is 38.9 Å². The lowest BCUT2D eigenvalue weighted by atomic mass is 9.96. The van der Waals surface area contributed by atoms with Gasteiger partial charge in [-0.15, -0.1) is 0 Å². The predicted octanol–water partition coefficient (Wildman–Crippen LogP) is 5.04. The number of carbonyl (C=O) groups excluding carboxylic acids is 1. The molecule has 9 heteroatoms. The quantitative estimate of drug-likeness (QED) is 0.551. The third kappa shape index (κ3) is 4.96. The van der Waals surface area contributed by atoms with Crippen LogP contribution in [0.1, 0.15) is 45.1 Å². The molecule has 180 valence electrons. The molecule has 2 saturated carbocycles. The van der Waals surface area contributed by atoms with Crippen LogP contribution in [0, 0.1) is 17.2 Å². The zero-order valence-corrected chi connectivity index (χ0v) is 21.3. The first kappa shape index (κ1) is 25.0. The minimum absolute atomic E-state index is 0.0501. The summed E-state index contributed by atoms with van der Waals surface area (Å²) in [5.41, 5.74) is -0.805. The number of hydrogen-bond donors (Lipinski definition) is 1. The molecule has 2 fully saturated rings. The van der Waals surface area contributed by atoms with Crippen LogP contribution in [0.15, 0.2) is 53.4 Å². The molecule has 2 aliphatic carbocycles. The Bertz CT molecular complexity index is 1230. The Kier molecular flexibility index (Phi) is 6.73. The van der Waals surface area contributed by atoms with Crippen molar-refractivity contribution in [2.75, 3.05) is 0 Å². The van der Waals surface area contributed by atoms with Crippen LogP contribution in [0.3, 0.4) is 0 Å². The van der Waals surface area contributed by atoms with Crippen molar-refractivity contribution in [1.82, 2.24) is 5.32 Å². The normalized spacial score (nSPS) is 23.8. The molecule has 0 spiro atoms. The molecule has 0 aromatic heterocycles. The summed E-state index contributed by atoms with van der Waals surface area (Å²) in [6.45, 7) is 3.75. The lowest BCUT2D eigenvalue weighted by Gasteiger charge is -2.32. The van der Waals surface area contributed by atoms with Gasteiger partial charge in [-0.3, -0.25) is 4.79 Å². The Hall–Kier alpha value is -2.11. The van der Waals surface area contributed by atoms with E-state index in [0.29, 0.717) is 17.9 Å². The fourth-order valence-corrected chi connectivity index (χ4v) is 6.94. The van der Waals surface area contributed by atoms with E-state index in [2.05, 4.69) is 11.4 Å². The zero-order chi connectivity index (χ0) is 24.7. The molecule has 0 heterocycles. The van der Waals surface area contributed by atoms with Crippen LogP contribution in [0.4, 0.5) is 0 Å². The molecular weight excluding hydrogens is 495 g/mol. The van der Waals surface area contributed by atoms with Crippen LogP contribution in [-0.2, 0) is 25.0 Å². The third-order valence-corrected chi connectivity index (χ3v) is 9.62. The van der Waals surface area contributed by atoms with Gasteiger partial charge in [0.25, 0.3) is 0 Å². The van der Waals surface area contributed by atoms with E-state index in [0.717, 1.165) is 5.56 Å². The SMILES string of the molecule is CC(C)(O[C@H]1C[C@@H](S(=O)(=O)c2ccccc2Cl)CC1C(=O)NC1(C#N)CC1)c1ccc(Cl)cc1. The van der Waals surface area contributed by atoms with Crippen LogP contribution in [0.5, 0.6) is 0 Å². The number of hydrogen-bond acceptors (Lipinski definition) is 5. The molecule has 2 aliphatic rings. The molecular formula is C25H26Cl2N2O4S. The summed E-state index contributed by atoms with van der Waals surface area (Å²) in [5, 5.41) is 12.1. The highest BCUT2D eigenvalue weighted by Gasteiger charge is 2.51. The molecule has 1 N–H and O–H groups in total. The molecule has 0 bridgehead atoms. The average Bonchev–Trinajstić information content (AvgIpc) is 3.43. The van der Waals surface area contributed by atoms with Crippen LogP contribution in [0.25, 0.3) is 0 Å². The van der Waals surface area contributed by atoms with E-state index in [1.54, 1.807) is 24.3 Å². The van der Waals surface area contributed by atoms with E-state index in [1.165, 1.54) is 12.1 Å². The average molecular weight is 521 g/mol. The maximum absolute atomic E-state index is 13.5. The van der Waals surface area contributed by atoms with Gasteiger partial charge in [-0.05, 0) is 69.4 Å². The number of nitrogens with one attached hydrogen (secondary N) is 1. The molecule has 4 rings (SSSR count). The summed E-state index contributed by atoms with van der Waals surface area (Å²) < 4.78 is 33.3. The van der Waals surface area contributed by atoms with Crippen molar-refractivity contribution in [2.45, 2.75) is 66.9 Å². The van der Waals surface area contributed by atoms with Gasteiger partial charge >= 0.3 is 0 Å². The fourth-order valence-electron chi connectivity index (χ4n) is 4.49. The minimum Gasteiger partial charge on any atom is -0.367 e. The van der Waals surface area contributed by atoms with Crippen molar-refractivity contribution in [3.8, 4) is 6.07 Å². The molecule has 1 amide bonds. The number of benzene rings is 2. The number of amides is 1. The molecule has 0 saturated heterocycles. The number of halogens is 2.